The van der Waals surface area contributed by atoms with Crippen LogP contribution < -0.4 is 4.90 Å². The number of phenols is 1. The number of benzene rings is 2. The van der Waals surface area contributed by atoms with Gasteiger partial charge in [-0.25, -0.2) is 4.79 Å². The fraction of sp³-hybridized carbons (Fsp3) is 0.387. The summed E-state index contributed by atoms with van der Waals surface area (Å²) in [6, 6.07) is 16.7. The van der Waals surface area contributed by atoms with Gasteiger partial charge in [0, 0.05) is 23.9 Å². The summed E-state index contributed by atoms with van der Waals surface area (Å²) in [7, 11) is 0. The fourth-order valence-electron chi connectivity index (χ4n) is 5.04. The van der Waals surface area contributed by atoms with E-state index < -0.39 is 5.97 Å². The zero-order valence-electron chi connectivity index (χ0n) is 21.5. The number of pyridine rings is 1. The van der Waals surface area contributed by atoms with Crippen LogP contribution in [0.15, 0.2) is 60.8 Å². The summed E-state index contributed by atoms with van der Waals surface area (Å²) in [5.74, 6) is -1.03. The molecule has 6 heteroatoms. The molecular formula is C31H36N2O4. The van der Waals surface area contributed by atoms with Gasteiger partial charge in [-0.05, 0) is 60.6 Å². The van der Waals surface area contributed by atoms with Gasteiger partial charge in [-0.2, -0.15) is 0 Å². The maximum Gasteiger partial charge on any atom is 0.339 e. The molecule has 0 aliphatic heterocycles. The second-order valence-corrected chi connectivity index (χ2v) is 10.0. The number of hydrogen-bond acceptors (Lipinski definition) is 4. The highest BCUT2D eigenvalue weighted by Crippen LogP contribution is 2.31. The Hall–Kier alpha value is -3.67. The van der Waals surface area contributed by atoms with Crippen LogP contribution in [0.25, 0.3) is 11.3 Å². The molecule has 1 aliphatic rings. The number of aryl methyl sites for hydroxylation is 1. The third kappa shape index (κ3) is 6.97. The van der Waals surface area contributed by atoms with Crippen molar-refractivity contribution in [3.05, 3.63) is 77.5 Å². The second kappa shape index (κ2) is 12.5. The molecule has 2 N–H and O–H groups in total. The summed E-state index contributed by atoms with van der Waals surface area (Å²) < 4.78 is 0. The Labute approximate surface area is 219 Å². The second-order valence-electron chi connectivity index (χ2n) is 10.0. The molecule has 1 aromatic heterocycles. The third-order valence-electron chi connectivity index (χ3n) is 7.30. The molecule has 0 radical (unpaired) electrons. The lowest BCUT2D eigenvalue weighted by Crippen LogP contribution is -2.30. The molecule has 2 aromatic carbocycles. The maximum absolute atomic E-state index is 13.4. The summed E-state index contributed by atoms with van der Waals surface area (Å²) in [4.78, 5) is 31.2. The molecular weight excluding hydrogens is 464 g/mol. The SMILES string of the molecule is CCCCc1ccc(-c2ccc(CN(C(=O)CCC3CCCC3)c3ccc(O)c(C(=O)O)c3)cn2)cc1. The van der Waals surface area contributed by atoms with E-state index in [0.29, 0.717) is 18.0 Å². The zero-order valence-corrected chi connectivity index (χ0v) is 21.5. The number of nitrogens with zero attached hydrogens (tertiary/aromatic N) is 2. The number of carboxylic acid groups (broad SMARTS) is 1. The number of carbonyl (C=O) groups excluding carboxylic acids is 1. The number of amides is 1. The van der Waals surface area contributed by atoms with Gasteiger partial charge in [0.1, 0.15) is 11.3 Å². The van der Waals surface area contributed by atoms with Crippen molar-refractivity contribution in [2.75, 3.05) is 4.90 Å². The minimum atomic E-state index is -1.23. The molecule has 0 unspecified atom stereocenters. The normalized spacial score (nSPS) is 13.5. The molecule has 1 fully saturated rings. The van der Waals surface area contributed by atoms with Gasteiger partial charge in [0.25, 0.3) is 0 Å². The number of aromatic nitrogens is 1. The van der Waals surface area contributed by atoms with Crippen molar-refractivity contribution < 1.29 is 19.8 Å². The monoisotopic (exact) mass is 500 g/mol. The van der Waals surface area contributed by atoms with Crippen LogP contribution >= 0.6 is 0 Å². The lowest BCUT2D eigenvalue weighted by molar-refractivity contribution is -0.119. The minimum absolute atomic E-state index is 0.0549. The van der Waals surface area contributed by atoms with Crippen LogP contribution in [-0.4, -0.2) is 27.1 Å². The number of carboxylic acids is 1. The molecule has 1 aliphatic carbocycles. The largest absolute Gasteiger partial charge is 0.507 e. The Morgan fingerprint density at radius 3 is 2.38 bits per heavy atom. The predicted octanol–water partition coefficient (Wildman–Crippen LogP) is 7.00. The van der Waals surface area contributed by atoms with E-state index in [2.05, 4.69) is 36.2 Å². The molecule has 1 heterocycles. The van der Waals surface area contributed by atoms with Gasteiger partial charge >= 0.3 is 5.97 Å². The topological polar surface area (TPSA) is 90.7 Å². The van der Waals surface area contributed by atoms with Crippen LogP contribution in [0.3, 0.4) is 0 Å². The zero-order chi connectivity index (χ0) is 26.2. The molecule has 6 nitrogen and oxygen atoms in total. The smallest absolute Gasteiger partial charge is 0.339 e. The van der Waals surface area contributed by atoms with Crippen molar-refractivity contribution in [1.82, 2.24) is 4.98 Å². The first-order valence-electron chi connectivity index (χ1n) is 13.4. The quantitative estimate of drug-likeness (QED) is 0.296. The van der Waals surface area contributed by atoms with Crippen molar-refractivity contribution in [3.63, 3.8) is 0 Å². The summed E-state index contributed by atoms with van der Waals surface area (Å²) in [5.41, 5.74) is 4.31. The standard InChI is InChI=1S/C31H36N2O4/c1-2-3-6-23-9-13-25(14-10-23)28-16-11-24(20-32-28)21-33(30(35)18-12-22-7-4-5-8-22)26-15-17-29(34)27(19-26)31(36)37/h9-11,13-17,19-20,22,34H,2-8,12,18,21H2,1H3,(H,36,37). The average Bonchev–Trinajstić information content (AvgIpc) is 3.44. The molecule has 1 amide bonds. The first-order valence-corrected chi connectivity index (χ1v) is 13.4. The molecule has 0 spiro atoms. The van der Waals surface area contributed by atoms with E-state index in [4.69, 9.17) is 0 Å². The Morgan fingerprint density at radius 2 is 1.73 bits per heavy atom. The molecule has 1 saturated carbocycles. The summed E-state index contributed by atoms with van der Waals surface area (Å²) in [6.45, 7) is 2.47. The Balaban J connectivity index is 1.52. The van der Waals surface area contributed by atoms with Gasteiger partial charge in [-0.15, -0.1) is 0 Å². The Bertz CT molecular complexity index is 1200. The van der Waals surface area contributed by atoms with E-state index in [9.17, 15) is 19.8 Å². The van der Waals surface area contributed by atoms with Crippen molar-refractivity contribution in [2.24, 2.45) is 5.92 Å². The van der Waals surface area contributed by atoms with Gasteiger partial charge in [0.15, 0.2) is 0 Å². The highest BCUT2D eigenvalue weighted by atomic mass is 16.4. The number of rotatable bonds is 11. The van der Waals surface area contributed by atoms with E-state index in [1.54, 1.807) is 17.2 Å². The molecule has 0 bridgehead atoms. The number of anilines is 1. The van der Waals surface area contributed by atoms with Crippen molar-refractivity contribution >= 4 is 17.6 Å². The van der Waals surface area contributed by atoms with E-state index in [1.165, 1.54) is 56.2 Å². The average molecular weight is 501 g/mol. The molecule has 0 saturated heterocycles. The lowest BCUT2D eigenvalue weighted by Gasteiger charge is -2.24. The van der Waals surface area contributed by atoms with Crippen LogP contribution in [0.5, 0.6) is 5.75 Å². The highest BCUT2D eigenvalue weighted by molar-refractivity contribution is 5.97. The van der Waals surface area contributed by atoms with Crippen LogP contribution in [0.2, 0.25) is 0 Å². The van der Waals surface area contributed by atoms with E-state index in [1.807, 2.05) is 12.1 Å². The number of unbranched alkanes of at least 4 members (excludes halogenated alkanes) is 1. The van der Waals surface area contributed by atoms with E-state index >= 15 is 0 Å². The first-order chi connectivity index (χ1) is 17.9. The fourth-order valence-corrected chi connectivity index (χ4v) is 5.04. The van der Waals surface area contributed by atoms with Crippen molar-refractivity contribution in [1.29, 1.82) is 0 Å². The van der Waals surface area contributed by atoms with Gasteiger partial charge in [0.2, 0.25) is 5.91 Å². The van der Waals surface area contributed by atoms with Crippen LogP contribution in [0, 0.1) is 5.92 Å². The number of aromatic hydroxyl groups is 1. The predicted molar refractivity (Wildman–Crippen MR) is 146 cm³/mol. The molecule has 4 rings (SSSR count). The molecule has 37 heavy (non-hydrogen) atoms. The van der Waals surface area contributed by atoms with Gasteiger partial charge in [0.05, 0.1) is 12.2 Å². The molecule has 194 valence electrons. The Morgan fingerprint density at radius 1 is 1.00 bits per heavy atom. The summed E-state index contributed by atoms with van der Waals surface area (Å²) >= 11 is 0. The Kier molecular flexibility index (Phi) is 8.94. The van der Waals surface area contributed by atoms with Gasteiger partial charge in [-0.1, -0.05) is 69.4 Å². The third-order valence-corrected chi connectivity index (χ3v) is 7.30. The number of aromatic carboxylic acids is 1. The van der Waals surface area contributed by atoms with E-state index in [0.717, 1.165) is 29.7 Å². The number of hydrogen-bond donors (Lipinski definition) is 2. The summed E-state index contributed by atoms with van der Waals surface area (Å²) in [6.07, 6.45) is 11.2. The molecule has 3 aromatic rings. The molecule has 0 atom stereocenters. The maximum atomic E-state index is 13.4. The van der Waals surface area contributed by atoms with Gasteiger partial charge in [-0.3, -0.25) is 9.78 Å². The number of carbonyl (C=O) groups is 2. The van der Waals surface area contributed by atoms with E-state index in [-0.39, 0.29) is 23.8 Å². The first kappa shape index (κ1) is 26.4. The lowest BCUT2D eigenvalue weighted by atomic mass is 10.0. The van der Waals surface area contributed by atoms with Crippen LogP contribution in [0.1, 0.15) is 79.8 Å². The van der Waals surface area contributed by atoms with Crippen LogP contribution in [-0.2, 0) is 17.8 Å². The highest BCUT2D eigenvalue weighted by Gasteiger charge is 2.22. The minimum Gasteiger partial charge on any atom is -0.507 e. The van der Waals surface area contributed by atoms with Crippen LogP contribution in [0.4, 0.5) is 5.69 Å². The van der Waals surface area contributed by atoms with Gasteiger partial charge < -0.3 is 15.1 Å². The van der Waals surface area contributed by atoms with Crippen molar-refractivity contribution in [3.8, 4) is 17.0 Å². The summed E-state index contributed by atoms with van der Waals surface area (Å²) in [5, 5.41) is 19.4. The van der Waals surface area contributed by atoms with Crippen molar-refractivity contribution in [2.45, 2.75) is 71.3 Å².